The Kier molecular flexibility index (Phi) is 4.65. The van der Waals surface area contributed by atoms with Crippen LogP contribution in [0.15, 0.2) is 32.4 Å². The number of H-pyrrole nitrogens is 1. The van der Waals surface area contributed by atoms with Crippen LogP contribution in [0.1, 0.15) is 35.9 Å². The Morgan fingerprint density at radius 3 is 2.61 bits per heavy atom. The van der Waals surface area contributed by atoms with Crippen molar-refractivity contribution < 1.29 is 27.2 Å². The van der Waals surface area contributed by atoms with Crippen molar-refractivity contribution in [3.63, 3.8) is 0 Å². The van der Waals surface area contributed by atoms with Crippen LogP contribution in [0.2, 0.25) is 0 Å². The highest BCUT2D eigenvalue weighted by Gasteiger charge is 2.68. The summed E-state index contributed by atoms with van der Waals surface area (Å²) in [4.78, 5) is 50.8. The molecule has 9 nitrogen and oxygen atoms in total. The van der Waals surface area contributed by atoms with Crippen molar-refractivity contribution in [2.75, 3.05) is 5.32 Å². The van der Waals surface area contributed by atoms with Crippen LogP contribution in [-0.4, -0.2) is 27.5 Å². The first-order valence-corrected chi connectivity index (χ1v) is 8.25. The highest BCUT2D eigenvalue weighted by atomic mass is 19.4. The number of halogens is 3. The van der Waals surface area contributed by atoms with Gasteiger partial charge in [-0.25, -0.2) is 4.79 Å². The standard InChI is InChI=1S/C16H15F3N4O5/c1-2-3-6-23-10-9(12(25)21-14(23)27)15(13(26)20-10,16(17,18)19)22-11(24)8-5-4-7-28-8/h4-5,7H,2-3,6H2,1H3,(H,20,26)(H,22,24)(H,21,25,27)/t15-/m1/s1. The lowest BCUT2D eigenvalue weighted by molar-refractivity contribution is -0.196. The fraction of sp³-hybridized carbons (Fsp3) is 0.375. The Labute approximate surface area is 154 Å². The summed E-state index contributed by atoms with van der Waals surface area (Å²) in [5.74, 6) is -4.13. The number of hydrogen-bond acceptors (Lipinski definition) is 5. The number of unbranched alkanes of at least 4 members (excludes halogenated alkanes) is 1. The first-order chi connectivity index (χ1) is 13.1. The van der Waals surface area contributed by atoms with Crippen molar-refractivity contribution in [3.8, 4) is 0 Å². The maximum absolute atomic E-state index is 14.1. The molecule has 2 amide bonds. The van der Waals surface area contributed by atoms with E-state index in [0.717, 1.165) is 16.9 Å². The molecule has 0 bridgehead atoms. The Hall–Kier alpha value is -3.31. The highest BCUT2D eigenvalue weighted by Crippen LogP contribution is 2.45. The van der Waals surface area contributed by atoms with E-state index < -0.39 is 51.9 Å². The zero-order valence-electron chi connectivity index (χ0n) is 14.5. The summed E-state index contributed by atoms with van der Waals surface area (Å²) in [5, 5.41) is 3.52. The summed E-state index contributed by atoms with van der Waals surface area (Å²) in [6.45, 7) is 1.76. The molecule has 0 radical (unpaired) electrons. The zero-order valence-corrected chi connectivity index (χ0v) is 14.5. The zero-order chi connectivity index (χ0) is 20.7. The third-order valence-corrected chi connectivity index (χ3v) is 4.35. The SMILES string of the molecule is CCCCn1c2c(c(=O)[nH]c1=O)[C@](NC(=O)c1ccco1)(C(F)(F)F)C(=O)N2. The number of fused-ring (bicyclic) bond motifs is 1. The van der Waals surface area contributed by atoms with Crippen molar-refractivity contribution in [3.05, 3.63) is 50.6 Å². The van der Waals surface area contributed by atoms with Crippen molar-refractivity contribution in [2.24, 2.45) is 0 Å². The van der Waals surface area contributed by atoms with Gasteiger partial charge in [-0.3, -0.25) is 23.9 Å². The minimum absolute atomic E-state index is 0.0329. The number of rotatable bonds is 5. The average molecular weight is 400 g/mol. The normalized spacial score (nSPS) is 18.6. The molecule has 2 aromatic heterocycles. The lowest BCUT2D eigenvalue weighted by Gasteiger charge is -2.29. The lowest BCUT2D eigenvalue weighted by Crippen LogP contribution is -2.62. The minimum Gasteiger partial charge on any atom is -0.459 e. The molecule has 0 fully saturated rings. The first kappa shape index (κ1) is 19.5. The fourth-order valence-electron chi connectivity index (χ4n) is 2.99. The Morgan fingerprint density at radius 1 is 1.32 bits per heavy atom. The molecular weight excluding hydrogens is 385 g/mol. The van der Waals surface area contributed by atoms with Crippen molar-refractivity contribution in [1.29, 1.82) is 0 Å². The lowest BCUT2D eigenvalue weighted by atomic mass is 9.91. The summed E-state index contributed by atoms with van der Waals surface area (Å²) >= 11 is 0. The second kappa shape index (κ2) is 6.69. The van der Waals surface area contributed by atoms with Gasteiger partial charge >= 0.3 is 11.9 Å². The molecule has 0 aliphatic carbocycles. The number of alkyl halides is 3. The largest absolute Gasteiger partial charge is 0.459 e. The Morgan fingerprint density at radius 2 is 2.04 bits per heavy atom. The van der Waals surface area contributed by atoms with Gasteiger partial charge in [0, 0.05) is 6.54 Å². The van der Waals surface area contributed by atoms with Crippen LogP contribution in [0.3, 0.4) is 0 Å². The highest BCUT2D eigenvalue weighted by molar-refractivity contribution is 6.08. The quantitative estimate of drug-likeness (QED) is 0.692. The fourth-order valence-corrected chi connectivity index (χ4v) is 2.99. The van der Waals surface area contributed by atoms with Crippen LogP contribution in [-0.2, 0) is 16.9 Å². The van der Waals surface area contributed by atoms with E-state index in [9.17, 15) is 32.3 Å². The Bertz CT molecular complexity index is 1040. The maximum atomic E-state index is 14.1. The monoisotopic (exact) mass is 400 g/mol. The molecular formula is C16H15F3N4O5. The van der Waals surface area contributed by atoms with Crippen LogP contribution in [0.5, 0.6) is 0 Å². The maximum Gasteiger partial charge on any atom is 0.425 e. The molecule has 1 aliphatic rings. The first-order valence-electron chi connectivity index (χ1n) is 8.25. The smallest absolute Gasteiger partial charge is 0.425 e. The molecule has 0 saturated heterocycles. The van der Waals surface area contributed by atoms with Gasteiger partial charge in [-0.1, -0.05) is 13.3 Å². The number of amides is 2. The van der Waals surface area contributed by atoms with Gasteiger partial charge in [0.1, 0.15) is 11.4 Å². The van der Waals surface area contributed by atoms with Gasteiger partial charge in [-0.2, -0.15) is 13.2 Å². The van der Waals surface area contributed by atoms with Gasteiger partial charge < -0.3 is 15.1 Å². The average Bonchev–Trinajstić information content (AvgIpc) is 3.22. The van der Waals surface area contributed by atoms with E-state index in [1.165, 1.54) is 6.07 Å². The summed E-state index contributed by atoms with van der Waals surface area (Å²) in [6.07, 6.45) is -3.31. The molecule has 0 unspecified atom stereocenters. The van der Waals surface area contributed by atoms with E-state index in [4.69, 9.17) is 4.42 Å². The van der Waals surface area contributed by atoms with Crippen molar-refractivity contribution in [2.45, 2.75) is 38.0 Å². The summed E-state index contributed by atoms with van der Waals surface area (Å²) < 4.78 is 47.8. The number of carbonyl (C=O) groups excluding carboxylic acids is 2. The molecule has 0 spiro atoms. The third-order valence-electron chi connectivity index (χ3n) is 4.35. The summed E-state index contributed by atoms with van der Waals surface area (Å²) in [7, 11) is 0. The van der Waals surface area contributed by atoms with Crippen LogP contribution < -0.4 is 21.9 Å². The predicted molar refractivity (Wildman–Crippen MR) is 88.8 cm³/mol. The number of aromatic amines is 1. The van der Waals surface area contributed by atoms with Gasteiger partial charge in [-0.15, -0.1) is 0 Å². The molecule has 1 atom stereocenters. The van der Waals surface area contributed by atoms with E-state index >= 15 is 0 Å². The van der Waals surface area contributed by atoms with Crippen LogP contribution in [0, 0.1) is 0 Å². The molecule has 3 heterocycles. The molecule has 0 saturated carbocycles. The molecule has 3 N–H and O–H groups in total. The number of nitrogens with zero attached hydrogens (tertiary/aromatic N) is 1. The number of aromatic nitrogens is 2. The van der Waals surface area contributed by atoms with Crippen LogP contribution in [0.25, 0.3) is 0 Å². The van der Waals surface area contributed by atoms with Crippen LogP contribution in [0.4, 0.5) is 19.0 Å². The van der Waals surface area contributed by atoms with Crippen molar-refractivity contribution in [1.82, 2.24) is 14.9 Å². The molecule has 150 valence electrons. The van der Waals surface area contributed by atoms with Gasteiger partial charge in [-0.05, 0) is 18.6 Å². The number of hydrogen-bond donors (Lipinski definition) is 3. The molecule has 2 aromatic rings. The number of anilines is 1. The van der Waals surface area contributed by atoms with Gasteiger partial charge in [0.2, 0.25) is 0 Å². The molecule has 28 heavy (non-hydrogen) atoms. The van der Waals surface area contributed by atoms with E-state index in [2.05, 4.69) is 0 Å². The number of carbonyl (C=O) groups is 2. The van der Waals surface area contributed by atoms with Crippen molar-refractivity contribution >= 4 is 17.6 Å². The van der Waals surface area contributed by atoms with E-state index in [0.29, 0.717) is 12.8 Å². The second-order valence-electron chi connectivity index (χ2n) is 6.12. The van der Waals surface area contributed by atoms with Gasteiger partial charge in [0.25, 0.3) is 22.9 Å². The minimum atomic E-state index is -5.38. The molecule has 1 aliphatic heterocycles. The molecule has 12 heteroatoms. The number of furan rings is 1. The molecule has 3 rings (SSSR count). The van der Waals surface area contributed by atoms with E-state index in [1.54, 1.807) is 17.2 Å². The third kappa shape index (κ3) is 2.80. The van der Waals surface area contributed by atoms with E-state index in [1.807, 2.05) is 5.32 Å². The summed E-state index contributed by atoms with van der Waals surface area (Å²) in [5.41, 5.74) is -7.17. The topological polar surface area (TPSA) is 126 Å². The van der Waals surface area contributed by atoms with E-state index in [-0.39, 0.29) is 6.54 Å². The molecule has 0 aromatic carbocycles. The summed E-state index contributed by atoms with van der Waals surface area (Å²) in [6, 6.07) is 2.37. The van der Waals surface area contributed by atoms with Gasteiger partial charge in [0.15, 0.2) is 5.76 Å². The number of nitrogens with one attached hydrogen (secondary N) is 3. The Balaban J connectivity index is 2.24. The van der Waals surface area contributed by atoms with Gasteiger partial charge in [0.05, 0.1) is 6.26 Å². The predicted octanol–water partition coefficient (Wildman–Crippen LogP) is 1.07. The second-order valence-corrected chi connectivity index (χ2v) is 6.12. The van der Waals surface area contributed by atoms with Crippen LogP contribution >= 0.6 is 0 Å².